The fraction of sp³-hybridized carbons (Fsp3) is 0.138. The Kier molecular flexibility index (Phi) is 6.34. The smallest absolute Gasteiger partial charge is 0.412 e. The molecule has 192 valence electrons. The van der Waals surface area contributed by atoms with Crippen LogP contribution in [-0.2, 0) is 4.74 Å². The minimum atomic E-state index is -0.580. The van der Waals surface area contributed by atoms with Crippen molar-refractivity contribution in [3.63, 3.8) is 0 Å². The molecule has 5 aromatic rings. The molecule has 0 radical (unpaired) electrons. The summed E-state index contributed by atoms with van der Waals surface area (Å²) >= 11 is 0. The molecule has 3 N–H and O–H groups in total. The van der Waals surface area contributed by atoms with Crippen molar-refractivity contribution in [1.82, 2.24) is 14.5 Å². The van der Waals surface area contributed by atoms with Crippen LogP contribution in [0.4, 0.5) is 10.5 Å². The highest BCUT2D eigenvalue weighted by molar-refractivity contribution is 5.85. The number of nitrogens with one attached hydrogen (secondary N) is 1. The van der Waals surface area contributed by atoms with Crippen LogP contribution in [0.3, 0.4) is 0 Å². The Morgan fingerprint density at radius 2 is 1.61 bits per heavy atom. The highest BCUT2D eigenvalue weighted by Gasteiger charge is 2.19. The van der Waals surface area contributed by atoms with Crippen LogP contribution in [0.1, 0.15) is 20.8 Å². The zero-order valence-corrected chi connectivity index (χ0v) is 21.0. The Morgan fingerprint density at radius 1 is 0.921 bits per heavy atom. The molecular weight excluding hydrogens is 484 g/mol. The maximum Gasteiger partial charge on any atom is 0.412 e. The molecule has 9 heteroatoms. The van der Waals surface area contributed by atoms with Crippen molar-refractivity contribution in [2.75, 3.05) is 5.32 Å². The van der Waals surface area contributed by atoms with Crippen molar-refractivity contribution in [2.24, 2.45) is 0 Å². The van der Waals surface area contributed by atoms with Crippen molar-refractivity contribution in [3.05, 3.63) is 85.1 Å². The van der Waals surface area contributed by atoms with Gasteiger partial charge in [-0.2, -0.15) is 0 Å². The van der Waals surface area contributed by atoms with E-state index in [2.05, 4.69) is 15.3 Å². The van der Waals surface area contributed by atoms with Crippen molar-refractivity contribution in [2.45, 2.75) is 26.4 Å². The third-order valence-electron chi connectivity index (χ3n) is 5.47. The van der Waals surface area contributed by atoms with Gasteiger partial charge in [-0.1, -0.05) is 0 Å². The molecule has 0 saturated heterocycles. The Bertz CT molecular complexity index is 1600. The number of anilines is 1. The summed E-state index contributed by atoms with van der Waals surface area (Å²) in [7, 11) is 0. The van der Waals surface area contributed by atoms with Gasteiger partial charge in [0.1, 0.15) is 34.1 Å². The number of amides is 1. The van der Waals surface area contributed by atoms with E-state index in [0.29, 0.717) is 39.7 Å². The molecule has 0 fully saturated rings. The van der Waals surface area contributed by atoms with Crippen molar-refractivity contribution >= 4 is 22.9 Å². The molecule has 1 amide bonds. The molecule has 5 rings (SSSR count). The normalized spacial score (nSPS) is 11.3. The number of hydrogen-bond donors (Lipinski definition) is 3. The summed E-state index contributed by atoms with van der Waals surface area (Å²) in [5, 5.41) is 22.9. The number of phenols is 2. The Hall–Kier alpha value is -5.05. The third-order valence-corrected chi connectivity index (χ3v) is 5.47. The molecule has 0 unspecified atom stereocenters. The Balaban J connectivity index is 1.38. The van der Waals surface area contributed by atoms with E-state index in [4.69, 9.17) is 9.47 Å². The quantitative estimate of drug-likeness (QED) is 0.243. The van der Waals surface area contributed by atoms with Crippen LogP contribution in [0.15, 0.2) is 85.1 Å². The highest BCUT2D eigenvalue weighted by Crippen LogP contribution is 2.35. The monoisotopic (exact) mass is 510 g/mol. The molecule has 0 bridgehead atoms. The van der Waals surface area contributed by atoms with E-state index in [9.17, 15) is 15.0 Å². The van der Waals surface area contributed by atoms with Crippen LogP contribution in [0.5, 0.6) is 23.0 Å². The SMILES string of the molecule is CC(C)(C)OC(=O)Nc1ccc(Oc2ccc(-n3c(-c4ccc(O)cc4O)nc4cccnc43)cc2)cc1. The van der Waals surface area contributed by atoms with Gasteiger partial charge in [0, 0.05) is 23.6 Å². The lowest BCUT2D eigenvalue weighted by Crippen LogP contribution is -2.27. The average Bonchev–Trinajstić information content (AvgIpc) is 3.24. The van der Waals surface area contributed by atoms with Crippen LogP contribution in [0.25, 0.3) is 28.2 Å². The number of nitrogens with zero attached hydrogens (tertiary/aromatic N) is 3. The van der Waals surface area contributed by atoms with Gasteiger partial charge in [0.15, 0.2) is 11.5 Å². The van der Waals surface area contributed by atoms with Gasteiger partial charge >= 0.3 is 6.09 Å². The van der Waals surface area contributed by atoms with Crippen molar-refractivity contribution in [1.29, 1.82) is 0 Å². The number of fused-ring (bicyclic) bond motifs is 1. The van der Waals surface area contributed by atoms with Gasteiger partial charge in [-0.15, -0.1) is 0 Å². The first kappa shape index (κ1) is 24.6. The highest BCUT2D eigenvalue weighted by atomic mass is 16.6. The number of carbonyl (C=O) groups is 1. The lowest BCUT2D eigenvalue weighted by atomic mass is 10.1. The van der Waals surface area contributed by atoms with E-state index in [-0.39, 0.29) is 11.5 Å². The number of imidazole rings is 1. The number of benzene rings is 3. The molecule has 38 heavy (non-hydrogen) atoms. The summed E-state index contributed by atoms with van der Waals surface area (Å²) in [4.78, 5) is 21.1. The predicted octanol–water partition coefficient (Wildman–Crippen LogP) is 6.64. The molecule has 0 aliphatic carbocycles. The number of ether oxygens (including phenoxy) is 2. The van der Waals surface area contributed by atoms with Gasteiger partial charge in [0.25, 0.3) is 0 Å². The molecule has 0 aliphatic heterocycles. The summed E-state index contributed by atoms with van der Waals surface area (Å²) in [5.74, 6) is 1.55. The van der Waals surface area contributed by atoms with Gasteiger partial charge in [0.2, 0.25) is 0 Å². The number of carbonyl (C=O) groups excluding carboxylic acids is 1. The van der Waals surface area contributed by atoms with E-state index >= 15 is 0 Å². The predicted molar refractivity (Wildman–Crippen MR) is 144 cm³/mol. The van der Waals surface area contributed by atoms with Gasteiger partial charge in [-0.3, -0.25) is 9.88 Å². The maximum atomic E-state index is 12.0. The van der Waals surface area contributed by atoms with E-state index in [1.165, 1.54) is 12.1 Å². The molecule has 9 nitrogen and oxygen atoms in total. The van der Waals surface area contributed by atoms with Gasteiger partial charge in [0.05, 0.1) is 5.56 Å². The number of aromatic nitrogens is 3. The molecule has 0 aliphatic rings. The molecule has 2 aromatic heterocycles. The Morgan fingerprint density at radius 3 is 2.26 bits per heavy atom. The summed E-state index contributed by atoms with van der Waals surface area (Å²) in [6.07, 6.45) is 1.16. The number of pyridine rings is 1. The first-order chi connectivity index (χ1) is 18.2. The second-order valence-electron chi connectivity index (χ2n) is 9.57. The third kappa shape index (κ3) is 5.36. The van der Waals surface area contributed by atoms with Crippen molar-refractivity contribution < 1.29 is 24.5 Å². The van der Waals surface area contributed by atoms with Crippen LogP contribution in [0, 0.1) is 0 Å². The van der Waals surface area contributed by atoms with E-state index in [1.54, 1.807) is 63.4 Å². The fourth-order valence-corrected chi connectivity index (χ4v) is 3.87. The first-order valence-electron chi connectivity index (χ1n) is 11.9. The number of rotatable bonds is 5. The maximum absolute atomic E-state index is 12.0. The molecule has 2 heterocycles. The summed E-state index contributed by atoms with van der Waals surface area (Å²) < 4.78 is 13.1. The lowest BCUT2D eigenvalue weighted by molar-refractivity contribution is 0.0636. The van der Waals surface area contributed by atoms with Gasteiger partial charge < -0.3 is 19.7 Å². The van der Waals surface area contributed by atoms with Crippen LogP contribution >= 0.6 is 0 Å². The standard InChI is InChI=1S/C29H26N4O5/c1-29(2,3)38-28(36)31-18-6-11-21(12-7-18)37-22-13-8-19(9-14-22)33-26(23-15-10-20(34)17-25(23)35)32-24-5-4-16-30-27(24)33/h4-17,34-35H,1-3H3,(H,31,36). The number of aromatic hydroxyl groups is 2. The second-order valence-corrected chi connectivity index (χ2v) is 9.57. The number of hydrogen-bond acceptors (Lipinski definition) is 7. The van der Waals surface area contributed by atoms with E-state index < -0.39 is 11.7 Å². The van der Waals surface area contributed by atoms with Gasteiger partial charge in [-0.25, -0.2) is 14.8 Å². The van der Waals surface area contributed by atoms with Crippen molar-refractivity contribution in [3.8, 4) is 40.1 Å². The molecule has 0 atom stereocenters. The van der Waals surface area contributed by atoms with Crippen LogP contribution < -0.4 is 10.1 Å². The molecule has 0 saturated carbocycles. The summed E-state index contributed by atoms with van der Waals surface area (Å²) in [6, 6.07) is 22.4. The molecular formula is C29H26N4O5. The largest absolute Gasteiger partial charge is 0.508 e. The zero-order chi connectivity index (χ0) is 26.9. The van der Waals surface area contributed by atoms with Crippen LogP contribution in [-0.4, -0.2) is 36.4 Å². The van der Waals surface area contributed by atoms with E-state index in [1.807, 2.05) is 34.9 Å². The second kappa shape index (κ2) is 9.78. The topological polar surface area (TPSA) is 119 Å². The lowest BCUT2D eigenvalue weighted by Gasteiger charge is -2.19. The molecule has 0 spiro atoms. The fourth-order valence-electron chi connectivity index (χ4n) is 3.87. The van der Waals surface area contributed by atoms with E-state index in [0.717, 1.165) is 5.69 Å². The van der Waals surface area contributed by atoms with Crippen LogP contribution in [0.2, 0.25) is 0 Å². The summed E-state index contributed by atoms with van der Waals surface area (Å²) in [5.41, 5.74) is 2.52. The van der Waals surface area contributed by atoms with Gasteiger partial charge in [-0.05, 0) is 93.6 Å². The minimum Gasteiger partial charge on any atom is -0.508 e. The molecule has 3 aromatic carbocycles. The average molecular weight is 511 g/mol. The number of phenolic OH excluding ortho intramolecular Hbond substituents is 2. The Labute approximate surface area is 218 Å². The summed E-state index contributed by atoms with van der Waals surface area (Å²) in [6.45, 7) is 5.41. The minimum absolute atomic E-state index is 0.0396. The first-order valence-corrected chi connectivity index (χ1v) is 11.9. The zero-order valence-electron chi connectivity index (χ0n) is 21.0.